The molecule has 0 saturated heterocycles. The SMILES string of the molecule is CC(O)C(N)C(=O)NC(Cc1ccccc1)C(=O)NC(CC(=O)O)C(=O)NC(Cc1ccccc1)C(=O)O. The summed E-state index contributed by atoms with van der Waals surface area (Å²) in [6.45, 7) is 1.30. The molecule has 0 aliphatic carbocycles. The molecular formula is C26H32N4O8. The number of aliphatic hydroxyl groups is 1. The second-order valence-corrected chi connectivity index (χ2v) is 8.77. The van der Waals surface area contributed by atoms with Crippen LogP contribution in [0.4, 0.5) is 0 Å². The number of carbonyl (C=O) groups excluding carboxylic acids is 3. The highest BCUT2D eigenvalue weighted by atomic mass is 16.4. The van der Waals surface area contributed by atoms with E-state index >= 15 is 0 Å². The third kappa shape index (κ3) is 9.64. The molecule has 0 aliphatic heterocycles. The van der Waals surface area contributed by atoms with Crippen LogP contribution in [0.15, 0.2) is 60.7 Å². The number of carboxylic acid groups (broad SMARTS) is 2. The number of benzene rings is 2. The van der Waals surface area contributed by atoms with Crippen molar-refractivity contribution in [2.24, 2.45) is 5.73 Å². The fourth-order valence-electron chi connectivity index (χ4n) is 3.52. The first-order chi connectivity index (χ1) is 18.0. The maximum atomic E-state index is 13.2. The van der Waals surface area contributed by atoms with Crippen LogP contribution in [0, 0.1) is 0 Å². The fourth-order valence-corrected chi connectivity index (χ4v) is 3.52. The Balaban J connectivity index is 2.22. The summed E-state index contributed by atoms with van der Waals surface area (Å²) < 4.78 is 0. The summed E-state index contributed by atoms with van der Waals surface area (Å²) in [6.07, 6.45) is -2.15. The van der Waals surface area contributed by atoms with Gasteiger partial charge in [-0.05, 0) is 18.1 Å². The van der Waals surface area contributed by atoms with Crippen molar-refractivity contribution in [1.29, 1.82) is 0 Å². The molecule has 2 aromatic carbocycles. The average Bonchev–Trinajstić information content (AvgIpc) is 2.87. The number of nitrogens with two attached hydrogens (primary N) is 1. The molecular weight excluding hydrogens is 496 g/mol. The Bertz CT molecular complexity index is 1110. The molecule has 8 N–H and O–H groups in total. The summed E-state index contributed by atoms with van der Waals surface area (Å²) in [4.78, 5) is 61.8. The zero-order chi connectivity index (χ0) is 28.2. The van der Waals surface area contributed by atoms with E-state index in [0.29, 0.717) is 11.1 Å². The molecule has 0 spiro atoms. The number of carboxylic acids is 2. The van der Waals surface area contributed by atoms with E-state index in [1.807, 2.05) is 0 Å². The first kappa shape index (κ1) is 29.9. The minimum absolute atomic E-state index is 0.0297. The number of nitrogens with one attached hydrogen (secondary N) is 3. The van der Waals surface area contributed by atoms with E-state index in [4.69, 9.17) is 5.73 Å². The summed E-state index contributed by atoms with van der Waals surface area (Å²) in [5.41, 5.74) is 6.94. The molecule has 2 aromatic rings. The van der Waals surface area contributed by atoms with Crippen molar-refractivity contribution in [2.75, 3.05) is 0 Å². The first-order valence-corrected chi connectivity index (χ1v) is 11.8. The highest BCUT2D eigenvalue weighted by Gasteiger charge is 2.32. The lowest BCUT2D eigenvalue weighted by Crippen LogP contribution is -2.59. The summed E-state index contributed by atoms with van der Waals surface area (Å²) in [6, 6.07) is 11.4. The summed E-state index contributed by atoms with van der Waals surface area (Å²) in [5.74, 6) is -5.50. The van der Waals surface area contributed by atoms with Crippen molar-refractivity contribution in [3.8, 4) is 0 Å². The quantitative estimate of drug-likeness (QED) is 0.163. The van der Waals surface area contributed by atoms with Crippen LogP contribution in [0.5, 0.6) is 0 Å². The van der Waals surface area contributed by atoms with Crippen molar-refractivity contribution < 1.29 is 39.3 Å². The third-order valence-corrected chi connectivity index (χ3v) is 5.65. The Labute approximate surface area is 219 Å². The number of aliphatic hydroxyl groups excluding tert-OH is 1. The van der Waals surface area contributed by atoms with E-state index in [2.05, 4.69) is 16.0 Å². The summed E-state index contributed by atoms with van der Waals surface area (Å²) >= 11 is 0. The van der Waals surface area contributed by atoms with Gasteiger partial charge in [0, 0.05) is 12.8 Å². The normalized spacial score (nSPS) is 14.7. The molecule has 0 radical (unpaired) electrons. The molecule has 5 unspecified atom stereocenters. The maximum absolute atomic E-state index is 13.2. The Morgan fingerprint density at radius 2 is 1.13 bits per heavy atom. The highest BCUT2D eigenvalue weighted by molar-refractivity contribution is 5.95. The number of rotatable bonds is 14. The van der Waals surface area contributed by atoms with E-state index in [9.17, 15) is 39.3 Å². The molecule has 0 aliphatic rings. The molecule has 0 aromatic heterocycles. The van der Waals surface area contributed by atoms with Gasteiger partial charge in [-0.1, -0.05) is 60.7 Å². The zero-order valence-corrected chi connectivity index (χ0v) is 20.7. The fraction of sp³-hybridized carbons (Fsp3) is 0.346. The Kier molecular flexibility index (Phi) is 11.4. The van der Waals surface area contributed by atoms with Crippen molar-refractivity contribution in [3.05, 3.63) is 71.8 Å². The van der Waals surface area contributed by atoms with Crippen molar-refractivity contribution >= 4 is 29.7 Å². The lowest BCUT2D eigenvalue weighted by atomic mass is 10.0. The lowest BCUT2D eigenvalue weighted by Gasteiger charge is -2.25. The van der Waals surface area contributed by atoms with Gasteiger partial charge in [0.25, 0.3) is 0 Å². The van der Waals surface area contributed by atoms with Gasteiger partial charge in [0.1, 0.15) is 24.2 Å². The minimum atomic E-state index is -1.64. The van der Waals surface area contributed by atoms with Crippen LogP contribution in [0.3, 0.4) is 0 Å². The van der Waals surface area contributed by atoms with E-state index in [-0.39, 0.29) is 12.8 Å². The number of hydrogen-bond donors (Lipinski definition) is 7. The number of hydrogen-bond acceptors (Lipinski definition) is 7. The largest absolute Gasteiger partial charge is 0.481 e. The lowest BCUT2D eigenvalue weighted by molar-refractivity contribution is -0.143. The predicted octanol–water partition coefficient (Wildman–Crippen LogP) is -0.806. The van der Waals surface area contributed by atoms with Crippen LogP contribution in [-0.4, -0.2) is 75.3 Å². The van der Waals surface area contributed by atoms with E-state index in [0.717, 1.165) is 0 Å². The Morgan fingerprint density at radius 3 is 1.58 bits per heavy atom. The van der Waals surface area contributed by atoms with Gasteiger partial charge in [-0.2, -0.15) is 0 Å². The number of amides is 3. The van der Waals surface area contributed by atoms with Gasteiger partial charge in [-0.25, -0.2) is 4.79 Å². The van der Waals surface area contributed by atoms with Gasteiger partial charge < -0.3 is 37.0 Å². The average molecular weight is 529 g/mol. The molecule has 204 valence electrons. The Hall–Kier alpha value is -4.29. The molecule has 0 heterocycles. The Morgan fingerprint density at radius 1 is 0.711 bits per heavy atom. The zero-order valence-electron chi connectivity index (χ0n) is 20.7. The molecule has 0 bridgehead atoms. The van der Waals surface area contributed by atoms with Crippen LogP contribution < -0.4 is 21.7 Å². The van der Waals surface area contributed by atoms with Gasteiger partial charge in [-0.3, -0.25) is 19.2 Å². The standard InChI is InChI=1S/C26H32N4O8/c1-15(31)22(27)25(36)29-18(12-16-8-4-2-5-9-16)23(34)28-19(14-21(32)33)24(35)30-20(26(37)38)13-17-10-6-3-7-11-17/h2-11,15,18-20,22,31H,12-14,27H2,1H3,(H,28,34)(H,29,36)(H,30,35)(H,32,33)(H,37,38). The van der Waals surface area contributed by atoms with Gasteiger partial charge in [-0.15, -0.1) is 0 Å². The summed E-state index contributed by atoms with van der Waals surface area (Å²) in [5, 5.41) is 35.5. The van der Waals surface area contributed by atoms with Crippen LogP contribution in [-0.2, 0) is 36.8 Å². The molecule has 12 heteroatoms. The van der Waals surface area contributed by atoms with E-state index in [1.165, 1.54) is 6.92 Å². The van der Waals surface area contributed by atoms with Crippen LogP contribution in [0.25, 0.3) is 0 Å². The van der Waals surface area contributed by atoms with Crippen LogP contribution >= 0.6 is 0 Å². The van der Waals surface area contributed by atoms with Crippen LogP contribution in [0.2, 0.25) is 0 Å². The van der Waals surface area contributed by atoms with Crippen molar-refractivity contribution in [2.45, 2.75) is 56.5 Å². The second-order valence-electron chi connectivity index (χ2n) is 8.77. The second kappa shape index (κ2) is 14.4. The number of carbonyl (C=O) groups is 5. The van der Waals surface area contributed by atoms with Gasteiger partial charge in [0.05, 0.1) is 12.5 Å². The van der Waals surface area contributed by atoms with Gasteiger partial charge in [0.2, 0.25) is 17.7 Å². The molecule has 12 nitrogen and oxygen atoms in total. The molecule has 3 amide bonds. The summed E-state index contributed by atoms with van der Waals surface area (Å²) in [7, 11) is 0. The molecule has 38 heavy (non-hydrogen) atoms. The molecule has 0 fully saturated rings. The molecule has 5 atom stereocenters. The monoisotopic (exact) mass is 528 g/mol. The van der Waals surface area contributed by atoms with Crippen LogP contribution in [0.1, 0.15) is 24.5 Å². The third-order valence-electron chi connectivity index (χ3n) is 5.65. The predicted molar refractivity (Wildman–Crippen MR) is 136 cm³/mol. The topological polar surface area (TPSA) is 208 Å². The number of aliphatic carboxylic acids is 2. The minimum Gasteiger partial charge on any atom is -0.481 e. The first-order valence-electron chi connectivity index (χ1n) is 11.8. The van der Waals surface area contributed by atoms with Gasteiger partial charge in [0.15, 0.2) is 0 Å². The van der Waals surface area contributed by atoms with Gasteiger partial charge >= 0.3 is 11.9 Å². The van der Waals surface area contributed by atoms with E-state index in [1.54, 1.807) is 60.7 Å². The highest BCUT2D eigenvalue weighted by Crippen LogP contribution is 2.07. The maximum Gasteiger partial charge on any atom is 0.326 e. The van der Waals surface area contributed by atoms with Crippen molar-refractivity contribution in [3.63, 3.8) is 0 Å². The molecule has 2 rings (SSSR count). The van der Waals surface area contributed by atoms with Crippen molar-refractivity contribution in [1.82, 2.24) is 16.0 Å². The van der Waals surface area contributed by atoms with E-state index < -0.39 is 66.4 Å². The smallest absolute Gasteiger partial charge is 0.326 e. The molecule has 0 saturated carbocycles.